The van der Waals surface area contributed by atoms with E-state index in [1.807, 2.05) is 0 Å². The van der Waals surface area contributed by atoms with Crippen molar-refractivity contribution in [2.75, 3.05) is 0 Å². The van der Waals surface area contributed by atoms with Crippen molar-refractivity contribution in [3.8, 4) is 0 Å². The summed E-state index contributed by atoms with van der Waals surface area (Å²) in [6.07, 6.45) is -0.563. The number of rotatable bonds is 4. The van der Waals surface area contributed by atoms with Gasteiger partial charge in [0.05, 0.1) is 16.5 Å². The van der Waals surface area contributed by atoms with Crippen LogP contribution in [0.15, 0.2) is 18.2 Å². The normalized spacial score (nSPS) is 11.1. The lowest BCUT2D eigenvalue weighted by molar-refractivity contribution is -0.162. The van der Waals surface area contributed by atoms with Gasteiger partial charge in [0.15, 0.2) is 5.78 Å². The summed E-state index contributed by atoms with van der Waals surface area (Å²) >= 11 is 11.5. The molecule has 1 rings (SSSR count). The Morgan fingerprint density at radius 3 is 2.20 bits per heavy atom. The number of halogens is 2. The summed E-state index contributed by atoms with van der Waals surface area (Å²) in [7, 11) is 0. The van der Waals surface area contributed by atoms with Crippen molar-refractivity contribution in [1.82, 2.24) is 0 Å². The number of benzene rings is 1. The molecule has 0 aliphatic rings. The monoisotopic (exact) mass is 316 g/mol. The van der Waals surface area contributed by atoms with Crippen LogP contribution < -0.4 is 0 Å². The molecule has 0 aromatic heterocycles. The van der Waals surface area contributed by atoms with Gasteiger partial charge in [0, 0.05) is 5.56 Å². The van der Waals surface area contributed by atoms with Crippen LogP contribution in [0.25, 0.3) is 0 Å². The molecule has 20 heavy (non-hydrogen) atoms. The quantitative estimate of drug-likeness (QED) is 0.369. The SMILES string of the molecule is CC(C)(C)OC(=O)C(=O)CC(=O)c1ccc(Cl)c(Cl)c1. The van der Waals surface area contributed by atoms with E-state index >= 15 is 0 Å². The van der Waals surface area contributed by atoms with Crippen LogP contribution >= 0.6 is 23.2 Å². The second kappa shape index (κ2) is 6.37. The largest absolute Gasteiger partial charge is 0.454 e. The van der Waals surface area contributed by atoms with Gasteiger partial charge in [0.2, 0.25) is 5.78 Å². The van der Waals surface area contributed by atoms with Gasteiger partial charge in [-0.15, -0.1) is 0 Å². The van der Waals surface area contributed by atoms with Crippen molar-refractivity contribution >= 4 is 40.7 Å². The fraction of sp³-hybridized carbons (Fsp3) is 0.357. The van der Waals surface area contributed by atoms with Crippen LogP contribution in [-0.4, -0.2) is 23.1 Å². The van der Waals surface area contributed by atoms with E-state index < -0.39 is 29.6 Å². The van der Waals surface area contributed by atoms with Gasteiger partial charge in [-0.3, -0.25) is 9.59 Å². The number of ketones is 2. The minimum atomic E-state index is -1.02. The Morgan fingerprint density at radius 2 is 1.70 bits per heavy atom. The lowest BCUT2D eigenvalue weighted by atomic mass is 10.1. The molecule has 0 fully saturated rings. The van der Waals surface area contributed by atoms with Crippen molar-refractivity contribution in [2.24, 2.45) is 0 Å². The van der Waals surface area contributed by atoms with Gasteiger partial charge in [-0.1, -0.05) is 23.2 Å². The predicted molar refractivity (Wildman–Crippen MR) is 76.3 cm³/mol. The third kappa shape index (κ3) is 4.94. The molecule has 0 amide bonds. The van der Waals surface area contributed by atoms with Gasteiger partial charge in [-0.2, -0.15) is 0 Å². The van der Waals surface area contributed by atoms with Crippen LogP contribution in [-0.2, 0) is 14.3 Å². The van der Waals surface area contributed by atoms with Gasteiger partial charge in [-0.05, 0) is 39.0 Å². The Labute approximate surface area is 127 Å². The fourth-order valence-electron chi connectivity index (χ4n) is 1.32. The zero-order valence-corrected chi connectivity index (χ0v) is 12.8. The molecule has 0 bridgehead atoms. The molecule has 0 saturated heterocycles. The maximum absolute atomic E-state index is 11.9. The molecule has 0 aliphatic carbocycles. The van der Waals surface area contributed by atoms with Gasteiger partial charge < -0.3 is 4.74 Å². The average molecular weight is 317 g/mol. The summed E-state index contributed by atoms with van der Waals surface area (Å²) in [6, 6.07) is 4.25. The fourth-order valence-corrected chi connectivity index (χ4v) is 1.62. The summed E-state index contributed by atoms with van der Waals surface area (Å²) in [5, 5.41) is 0.518. The summed E-state index contributed by atoms with van der Waals surface area (Å²) in [5.41, 5.74) is -0.560. The molecule has 4 nitrogen and oxygen atoms in total. The van der Waals surface area contributed by atoms with E-state index in [1.165, 1.54) is 18.2 Å². The highest BCUT2D eigenvalue weighted by Gasteiger charge is 2.25. The van der Waals surface area contributed by atoms with Gasteiger partial charge in [0.1, 0.15) is 5.60 Å². The molecule has 0 unspecified atom stereocenters. The molecule has 0 radical (unpaired) electrons. The molecule has 0 spiro atoms. The first kappa shape index (κ1) is 16.7. The molecule has 1 aromatic rings. The first-order valence-electron chi connectivity index (χ1n) is 5.84. The van der Waals surface area contributed by atoms with E-state index in [0.29, 0.717) is 5.02 Å². The number of hydrogen-bond acceptors (Lipinski definition) is 4. The van der Waals surface area contributed by atoms with Crippen LogP contribution in [0.3, 0.4) is 0 Å². The van der Waals surface area contributed by atoms with Gasteiger partial charge >= 0.3 is 5.97 Å². The lowest BCUT2D eigenvalue weighted by Gasteiger charge is -2.18. The van der Waals surface area contributed by atoms with Crippen LogP contribution in [0.2, 0.25) is 10.0 Å². The zero-order valence-electron chi connectivity index (χ0n) is 11.3. The molecule has 0 heterocycles. The van der Waals surface area contributed by atoms with Crippen molar-refractivity contribution in [1.29, 1.82) is 0 Å². The highest BCUT2D eigenvalue weighted by Crippen LogP contribution is 2.23. The topological polar surface area (TPSA) is 60.4 Å². The van der Waals surface area contributed by atoms with Gasteiger partial charge in [-0.25, -0.2) is 4.79 Å². The van der Waals surface area contributed by atoms with Crippen LogP contribution in [0.4, 0.5) is 0 Å². The molecule has 108 valence electrons. The number of Topliss-reactive ketones (excluding diaryl/α,β-unsaturated/α-hetero) is 2. The highest BCUT2D eigenvalue weighted by atomic mass is 35.5. The molecule has 0 atom stereocenters. The van der Waals surface area contributed by atoms with Crippen molar-refractivity contribution in [2.45, 2.75) is 32.8 Å². The molecule has 0 aliphatic heterocycles. The molecule has 1 aromatic carbocycles. The second-order valence-corrected chi connectivity index (χ2v) is 5.97. The van der Waals surface area contributed by atoms with E-state index in [1.54, 1.807) is 20.8 Å². The number of hydrogen-bond donors (Lipinski definition) is 0. The molecule has 0 saturated carbocycles. The first-order chi connectivity index (χ1) is 9.10. The summed E-state index contributed by atoms with van der Waals surface area (Å²) in [4.78, 5) is 34.9. The second-order valence-electron chi connectivity index (χ2n) is 5.15. The van der Waals surface area contributed by atoms with E-state index in [2.05, 4.69) is 0 Å². The third-order valence-electron chi connectivity index (χ3n) is 2.19. The maximum atomic E-state index is 11.9. The minimum absolute atomic E-state index is 0.210. The van der Waals surface area contributed by atoms with E-state index in [4.69, 9.17) is 27.9 Å². The van der Waals surface area contributed by atoms with E-state index in [-0.39, 0.29) is 10.6 Å². The van der Waals surface area contributed by atoms with E-state index in [0.717, 1.165) is 0 Å². The Bertz CT molecular complexity index is 559. The number of esters is 1. The highest BCUT2D eigenvalue weighted by molar-refractivity contribution is 6.42. The zero-order chi connectivity index (χ0) is 15.5. The Hall–Kier alpha value is -1.39. The predicted octanol–water partition coefficient (Wildman–Crippen LogP) is 3.48. The smallest absolute Gasteiger partial charge is 0.375 e. The number of ether oxygens (including phenoxy) is 1. The Balaban J connectivity index is 2.73. The Kier molecular flexibility index (Phi) is 5.31. The summed E-state index contributed by atoms with van der Waals surface area (Å²) < 4.78 is 4.89. The van der Waals surface area contributed by atoms with E-state index in [9.17, 15) is 14.4 Å². The summed E-state index contributed by atoms with van der Waals surface area (Å²) in [5.74, 6) is -2.43. The van der Waals surface area contributed by atoms with Crippen LogP contribution in [0.1, 0.15) is 37.6 Å². The standard InChI is InChI=1S/C14H14Cl2O4/c1-14(2,3)20-13(19)12(18)7-11(17)8-4-5-9(15)10(16)6-8/h4-6H,7H2,1-3H3. The minimum Gasteiger partial charge on any atom is -0.454 e. The van der Waals surface area contributed by atoms with Crippen molar-refractivity contribution < 1.29 is 19.1 Å². The summed E-state index contributed by atoms with van der Waals surface area (Å²) in [6.45, 7) is 4.91. The first-order valence-corrected chi connectivity index (χ1v) is 6.60. The molecule has 6 heteroatoms. The van der Waals surface area contributed by atoms with Gasteiger partial charge in [0.25, 0.3) is 0 Å². The molecule has 0 N–H and O–H groups in total. The lowest BCUT2D eigenvalue weighted by Crippen LogP contribution is -2.30. The van der Waals surface area contributed by atoms with Crippen LogP contribution in [0.5, 0.6) is 0 Å². The molecular formula is C14H14Cl2O4. The molecular weight excluding hydrogens is 303 g/mol. The number of carbonyl (C=O) groups excluding carboxylic acids is 3. The number of carbonyl (C=O) groups is 3. The Morgan fingerprint density at radius 1 is 1.10 bits per heavy atom. The van der Waals surface area contributed by atoms with Crippen molar-refractivity contribution in [3.05, 3.63) is 33.8 Å². The average Bonchev–Trinajstić information content (AvgIpc) is 2.30. The van der Waals surface area contributed by atoms with Crippen LogP contribution in [0, 0.1) is 0 Å². The van der Waals surface area contributed by atoms with Crippen molar-refractivity contribution in [3.63, 3.8) is 0 Å². The maximum Gasteiger partial charge on any atom is 0.375 e. The third-order valence-corrected chi connectivity index (χ3v) is 2.93.